The Morgan fingerprint density at radius 2 is 1.85 bits per heavy atom. The molecule has 0 fully saturated rings. The average Bonchev–Trinajstić information content (AvgIpc) is 3.10. The summed E-state index contributed by atoms with van der Waals surface area (Å²) >= 11 is 0. The van der Waals surface area contributed by atoms with Crippen molar-refractivity contribution in [3.8, 4) is 0 Å². The second-order valence-electron chi connectivity index (χ2n) is 8.36. The van der Waals surface area contributed by atoms with Gasteiger partial charge in [-0.1, -0.05) is 26.0 Å². The number of carbonyl (C=O) groups excluding carboxylic acids is 1. The lowest BCUT2D eigenvalue weighted by atomic mass is 10.0. The van der Waals surface area contributed by atoms with Crippen molar-refractivity contribution in [3.05, 3.63) is 54.1 Å². The fourth-order valence-corrected chi connectivity index (χ4v) is 5.27. The minimum atomic E-state index is -4.29. The highest BCUT2D eigenvalue weighted by Crippen LogP contribution is 2.24. The molecule has 0 unspecified atom stereocenters. The monoisotopic (exact) mass is 488 g/mol. The van der Waals surface area contributed by atoms with Crippen LogP contribution in [0.15, 0.2) is 47.6 Å². The number of hydrogen-bond acceptors (Lipinski definition) is 7. The minimum absolute atomic E-state index is 0.0471. The summed E-state index contributed by atoms with van der Waals surface area (Å²) in [6.07, 6.45) is 3.41. The van der Waals surface area contributed by atoms with Crippen LogP contribution in [0.3, 0.4) is 0 Å². The zero-order valence-electron chi connectivity index (χ0n) is 19.5. The van der Waals surface area contributed by atoms with E-state index < -0.39 is 34.5 Å². The summed E-state index contributed by atoms with van der Waals surface area (Å²) < 4.78 is 34.1. The molecule has 2 aromatic heterocycles. The van der Waals surface area contributed by atoms with Crippen LogP contribution in [0.4, 0.5) is 0 Å². The summed E-state index contributed by atoms with van der Waals surface area (Å²) in [7, 11) is -3.17. The molecule has 1 N–H and O–H groups in total. The van der Waals surface area contributed by atoms with Crippen LogP contribution in [0.5, 0.6) is 0 Å². The van der Waals surface area contributed by atoms with Crippen molar-refractivity contribution in [2.45, 2.75) is 44.7 Å². The van der Waals surface area contributed by atoms with Gasteiger partial charge in [-0.25, -0.2) is 13.4 Å². The third-order valence-electron chi connectivity index (χ3n) is 5.45. The van der Waals surface area contributed by atoms with Crippen LogP contribution in [0.25, 0.3) is 11.0 Å². The SMILES string of the molecule is COC(=O)CN([C@@H](CC(C)C)C(=O)O)S(=O)(=O)c1ccc(Cn2c(C)nc3cnccc32)cc1. The van der Waals surface area contributed by atoms with Gasteiger partial charge in [0.2, 0.25) is 10.0 Å². The summed E-state index contributed by atoms with van der Waals surface area (Å²) in [6, 6.07) is 6.61. The second kappa shape index (κ2) is 10.3. The molecule has 0 aliphatic rings. The first-order valence-corrected chi connectivity index (χ1v) is 12.2. The van der Waals surface area contributed by atoms with Crippen molar-refractivity contribution in [1.82, 2.24) is 18.8 Å². The van der Waals surface area contributed by atoms with Crippen LogP contribution in [-0.2, 0) is 30.9 Å². The predicted molar refractivity (Wildman–Crippen MR) is 125 cm³/mol. The molecule has 182 valence electrons. The number of ether oxygens (including phenoxy) is 1. The average molecular weight is 489 g/mol. The fraction of sp³-hybridized carbons (Fsp3) is 0.391. The molecule has 2 heterocycles. The van der Waals surface area contributed by atoms with E-state index in [1.54, 1.807) is 38.4 Å². The van der Waals surface area contributed by atoms with Crippen molar-refractivity contribution in [3.63, 3.8) is 0 Å². The number of carboxylic acids is 1. The molecule has 3 aromatic rings. The maximum atomic E-state index is 13.4. The number of carboxylic acid groups (broad SMARTS) is 1. The number of pyridine rings is 1. The Morgan fingerprint density at radius 3 is 2.44 bits per heavy atom. The van der Waals surface area contributed by atoms with E-state index in [1.807, 2.05) is 17.6 Å². The molecule has 0 spiro atoms. The second-order valence-corrected chi connectivity index (χ2v) is 10.3. The lowest BCUT2D eigenvalue weighted by Crippen LogP contribution is -2.48. The number of carbonyl (C=O) groups is 2. The molecule has 0 amide bonds. The molecular formula is C23H28N4O6S. The Balaban J connectivity index is 1.93. The summed E-state index contributed by atoms with van der Waals surface area (Å²) in [6.45, 7) is 5.21. The van der Waals surface area contributed by atoms with Gasteiger partial charge < -0.3 is 14.4 Å². The third kappa shape index (κ3) is 5.42. The van der Waals surface area contributed by atoms with Gasteiger partial charge in [-0.05, 0) is 43.0 Å². The van der Waals surface area contributed by atoms with Crippen LogP contribution in [-0.4, -0.2) is 64.0 Å². The number of benzene rings is 1. The highest BCUT2D eigenvalue weighted by atomic mass is 32.2. The van der Waals surface area contributed by atoms with Gasteiger partial charge in [0.15, 0.2) is 0 Å². The molecule has 0 bridgehead atoms. The summed E-state index contributed by atoms with van der Waals surface area (Å²) in [5.74, 6) is -1.48. The van der Waals surface area contributed by atoms with E-state index in [0.717, 1.165) is 29.5 Å². The van der Waals surface area contributed by atoms with Crippen LogP contribution in [0.1, 0.15) is 31.7 Å². The number of methoxy groups -OCH3 is 1. The molecule has 1 aromatic carbocycles. The molecule has 0 radical (unpaired) electrons. The Bertz CT molecular complexity index is 1280. The van der Waals surface area contributed by atoms with Crippen LogP contribution < -0.4 is 0 Å². The lowest BCUT2D eigenvalue weighted by Gasteiger charge is -2.28. The van der Waals surface area contributed by atoms with Crippen molar-refractivity contribution >= 4 is 33.0 Å². The number of aliphatic carboxylic acids is 1. The molecule has 11 heteroatoms. The zero-order valence-corrected chi connectivity index (χ0v) is 20.3. The molecule has 1 atom stereocenters. The third-order valence-corrected chi connectivity index (χ3v) is 7.32. The summed E-state index contributed by atoms with van der Waals surface area (Å²) in [4.78, 5) is 32.3. The Labute approximate surface area is 198 Å². The van der Waals surface area contributed by atoms with Gasteiger partial charge >= 0.3 is 11.9 Å². The van der Waals surface area contributed by atoms with Gasteiger partial charge in [0, 0.05) is 12.7 Å². The quantitative estimate of drug-likeness (QED) is 0.431. The van der Waals surface area contributed by atoms with E-state index >= 15 is 0 Å². The normalized spacial score (nSPS) is 12.9. The van der Waals surface area contributed by atoms with Crippen molar-refractivity contribution in [2.24, 2.45) is 5.92 Å². The minimum Gasteiger partial charge on any atom is -0.480 e. The molecule has 0 saturated carbocycles. The standard InChI is InChI=1S/C23H28N4O6S/c1-15(2)11-21(23(29)30)27(14-22(28)33-4)34(31,32)18-7-5-17(6-8-18)13-26-16(3)25-19-12-24-10-9-20(19)26/h5-10,12,15,21H,11,13-14H2,1-4H3,(H,29,30)/t21-/m0/s1. The highest BCUT2D eigenvalue weighted by Gasteiger charge is 2.38. The van der Waals surface area contributed by atoms with E-state index in [4.69, 9.17) is 0 Å². The Hall–Kier alpha value is -3.31. The van der Waals surface area contributed by atoms with E-state index in [-0.39, 0.29) is 17.2 Å². The van der Waals surface area contributed by atoms with Gasteiger partial charge in [0.1, 0.15) is 23.9 Å². The number of hydrogen-bond donors (Lipinski definition) is 1. The van der Waals surface area contributed by atoms with Crippen LogP contribution in [0, 0.1) is 12.8 Å². The highest BCUT2D eigenvalue weighted by molar-refractivity contribution is 7.89. The number of fused-ring (bicyclic) bond motifs is 1. The van der Waals surface area contributed by atoms with Gasteiger partial charge in [-0.15, -0.1) is 0 Å². The number of imidazole rings is 1. The molecular weight excluding hydrogens is 460 g/mol. The summed E-state index contributed by atoms with van der Waals surface area (Å²) in [5.41, 5.74) is 2.50. The van der Waals surface area contributed by atoms with Gasteiger partial charge in [-0.3, -0.25) is 14.6 Å². The number of aromatic nitrogens is 3. The molecule has 0 aliphatic heterocycles. The van der Waals surface area contributed by atoms with Crippen LogP contribution >= 0.6 is 0 Å². The van der Waals surface area contributed by atoms with Crippen molar-refractivity contribution < 1.29 is 27.9 Å². The van der Waals surface area contributed by atoms with Crippen molar-refractivity contribution in [1.29, 1.82) is 0 Å². The zero-order chi connectivity index (χ0) is 25.0. The van der Waals surface area contributed by atoms with E-state index in [0.29, 0.717) is 10.8 Å². The van der Waals surface area contributed by atoms with E-state index in [2.05, 4.69) is 14.7 Å². The molecule has 34 heavy (non-hydrogen) atoms. The number of sulfonamides is 1. The Kier molecular flexibility index (Phi) is 7.68. The lowest BCUT2D eigenvalue weighted by molar-refractivity contribution is -0.145. The van der Waals surface area contributed by atoms with Crippen LogP contribution in [0.2, 0.25) is 0 Å². The topological polar surface area (TPSA) is 132 Å². The van der Waals surface area contributed by atoms with E-state index in [1.165, 1.54) is 12.1 Å². The first-order valence-electron chi connectivity index (χ1n) is 10.7. The van der Waals surface area contributed by atoms with Crippen molar-refractivity contribution in [2.75, 3.05) is 13.7 Å². The summed E-state index contributed by atoms with van der Waals surface area (Å²) in [5, 5.41) is 9.72. The molecule has 10 nitrogen and oxygen atoms in total. The first kappa shape index (κ1) is 25.3. The molecule has 0 saturated heterocycles. The Morgan fingerprint density at radius 1 is 1.18 bits per heavy atom. The van der Waals surface area contributed by atoms with Gasteiger partial charge in [0.25, 0.3) is 0 Å². The molecule has 0 aliphatic carbocycles. The number of rotatable bonds is 10. The first-order chi connectivity index (χ1) is 16.0. The number of aryl methyl sites for hydroxylation is 1. The maximum absolute atomic E-state index is 13.4. The number of nitrogens with zero attached hydrogens (tertiary/aromatic N) is 4. The van der Waals surface area contributed by atoms with Gasteiger partial charge in [-0.2, -0.15) is 4.31 Å². The predicted octanol–water partition coefficient (Wildman–Crippen LogP) is 2.45. The smallest absolute Gasteiger partial charge is 0.322 e. The number of esters is 1. The molecule has 3 rings (SSSR count). The van der Waals surface area contributed by atoms with E-state index in [9.17, 15) is 23.1 Å². The fourth-order valence-electron chi connectivity index (χ4n) is 3.73. The van der Waals surface area contributed by atoms with Gasteiger partial charge in [0.05, 0.1) is 23.7 Å². The maximum Gasteiger partial charge on any atom is 0.322 e. The largest absolute Gasteiger partial charge is 0.480 e.